The van der Waals surface area contributed by atoms with Gasteiger partial charge in [-0.1, -0.05) is 44.5 Å². The Bertz CT molecular complexity index is 799. The van der Waals surface area contributed by atoms with Crippen LogP contribution in [-0.2, 0) is 5.41 Å². The Morgan fingerprint density at radius 2 is 1.81 bits per heavy atom. The zero-order valence-corrected chi connectivity index (χ0v) is 16.4. The summed E-state index contributed by atoms with van der Waals surface area (Å²) in [6.45, 7) is 7.23. The highest BCUT2D eigenvalue weighted by atomic mass is 35.5. The molecule has 2 rings (SSSR count). The number of amides is 2. The zero-order chi connectivity index (χ0) is 19.9. The largest absolute Gasteiger partial charge is 0.490 e. The molecule has 0 radical (unpaired) electrons. The number of nitrogens with zero attached hydrogens (tertiary/aromatic N) is 1. The van der Waals surface area contributed by atoms with Crippen molar-refractivity contribution < 1.29 is 14.3 Å². The molecule has 0 aliphatic heterocycles. The van der Waals surface area contributed by atoms with Crippen LogP contribution < -0.4 is 20.6 Å². The van der Waals surface area contributed by atoms with E-state index in [9.17, 15) is 4.79 Å². The van der Waals surface area contributed by atoms with Gasteiger partial charge in [0.15, 0.2) is 0 Å². The second-order valence-corrected chi connectivity index (χ2v) is 7.32. The van der Waals surface area contributed by atoms with E-state index in [4.69, 9.17) is 26.8 Å². The normalized spacial score (nSPS) is 11.4. The van der Waals surface area contributed by atoms with Crippen LogP contribution in [0.3, 0.4) is 0 Å². The molecule has 7 heteroatoms. The topological polar surface area (TPSA) is 85.9 Å². The first-order valence-electron chi connectivity index (χ1n) is 8.50. The van der Waals surface area contributed by atoms with Gasteiger partial charge in [-0.25, -0.2) is 10.2 Å². The number of urea groups is 1. The molecule has 0 heterocycles. The molecule has 2 amide bonds. The lowest BCUT2D eigenvalue weighted by Gasteiger charge is -2.19. The third-order valence-electron chi connectivity index (χ3n) is 3.68. The number of carbonyl (C=O) groups excluding carboxylic acids is 1. The van der Waals surface area contributed by atoms with Crippen molar-refractivity contribution >= 4 is 23.8 Å². The minimum atomic E-state index is -0.748. The van der Waals surface area contributed by atoms with Gasteiger partial charge in [0, 0.05) is 10.6 Å². The molecule has 0 spiro atoms. The maximum absolute atomic E-state index is 10.7. The fraction of sp³-hybridized carbons (Fsp3) is 0.300. The smallest absolute Gasteiger partial charge is 0.332 e. The monoisotopic (exact) mass is 389 g/mol. The van der Waals surface area contributed by atoms with E-state index in [0.29, 0.717) is 29.5 Å². The van der Waals surface area contributed by atoms with Crippen LogP contribution in [0.5, 0.6) is 11.5 Å². The van der Waals surface area contributed by atoms with Gasteiger partial charge in [-0.3, -0.25) is 0 Å². The van der Waals surface area contributed by atoms with Crippen LogP contribution in [0.15, 0.2) is 47.6 Å². The summed E-state index contributed by atoms with van der Waals surface area (Å²) in [5.41, 5.74) is 9.08. The standard InChI is InChI=1S/C20H24ClN3O3/c1-20(2,3)15-4-7-17(8-5-15)26-10-11-27-18-9-6-16(21)12-14(18)13-23-24-19(22)25/h4-9,12-13H,10-11H2,1-3H3,(H3,22,24,25)/b23-13-. The molecule has 27 heavy (non-hydrogen) atoms. The number of primary amides is 1. The van der Waals surface area contributed by atoms with Gasteiger partial charge in [0.2, 0.25) is 0 Å². The number of hydrogen-bond donors (Lipinski definition) is 2. The third-order valence-corrected chi connectivity index (χ3v) is 3.92. The maximum Gasteiger partial charge on any atom is 0.332 e. The minimum Gasteiger partial charge on any atom is -0.490 e. The van der Waals surface area contributed by atoms with Crippen LogP contribution in [0.4, 0.5) is 4.79 Å². The van der Waals surface area contributed by atoms with Crippen LogP contribution in [-0.4, -0.2) is 25.5 Å². The summed E-state index contributed by atoms with van der Waals surface area (Å²) in [4.78, 5) is 10.7. The molecule has 0 atom stereocenters. The quantitative estimate of drug-likeness (QED) is 0.424. The Morgan fingerprint density at radius 3 is 2.44 bits per heavy atom. The predicted octanol–water partition coefficient (Wildman–Crippen LogP) is 4.10. The molecule has 0 saturated heterocycles. The molecule has 2 aromatic rings. The van der Waals surface area contributed by atoms with E-state index in [0.717, 1.165) is 5.75 Å². The number of halogens is 1. The van der Waals surface area contributed by atoms with Crippen molar-refractivity contribution in [1.29, 1.82) is 0 Å². The van der Waals surface area contributed by atoms with Gasteiger partial charge in [0.25, 0.3) is 0 Å². The summed E-state index contributed by atoms with van der Waals surface area (Å²) in [5, 5.41) is 4.25. The van der Waals surface area contributed by atoms with Gasteiger partial charge in [-0.05, 0) is 41.3 Å². The highest BCUT2D eigenvalue weighted by molar-refractivity contribution is 6.30. The van der Waals surface area contributed by atoms with Gasteiger partial charge in [0.05, 0.1) is 6.21 Å². The Morgan fingerprint density at radius 1 is 1.15 bits per heavy atom. The van der Waals surface area contributed by atoms with Crippen molar-refractivity contribution in [2.45, 2.75) is 26.2 Å². The maximum atomic E-state index is 10.7. The first kappa shape index (κ1) is 20.6. The SMILES string of the molecule is CC(C)(C)c1ccc(OCCOc2ccc(Cl)cc2/C=N\NC(N)=O)cc1. The summed E-state index contributed by atoms with van der Waals surface area (Å²) in [6, 6.07) is 12.4. The highest BCUT2D eigenvalue weighted by Gasteiger charge is 2.13. The van der Waals surface area contributed by atoms with Crippen molar-refractivity contribution in [2.75, 3.05) is 13.2 Å². The van der Waals surface area contributed by atoms with E-state index in [1.165, 1.54) is 11.8 Å². The molecule has 0 aliphatic rings. The molecule has 144 valence electrons. The third kappa shape index (κ3) is 6.83. The molecule has 0 fully saturated rings. The van der Waals surface area contributed by atoms with Crippen molar-refractivity contribution in [3.05, 3.63) is 58.6 Å². The number of ether oxygens (including phenoxy) is 2. The molecule has 3 N–H and O–H groups in total. The first-order valence-corrected chi connectivity index (χ1v) is 8.88. The lowest BCUT2D eigenvalue weighted by Crippen LogP contribution is -2.24. The average molecular weight is 390 g/mol. The lowest BCUT2D eigenvalue weighted by molar-refractivity contribution is 0.217. The molecule has 0 aromatic heterocycles. The van der Waals surface area contributed by atoms with E-state index < -0.39 is 6.03 Å². The van der Waals surface area contributed by atoms with Gasteiger partial charge in [-0.2, -0.15) is 5.10 Å². The number of carbonyl (C=O) groups is 1. The summed E-state index contributed by atoms with van der Waals surface area (Å²) < 4.78 is 11.4. The predicted molar refractivity (Wildman–Crippen MR) is 108 cm³/mol. The Labute approximate surface area is 164 Å². The molecular weight excluding hydrogens is 366 g/mol. The van der Waals surface area contributed by atoms with E-state index in [1.54, 1.807) is 18.2 Å². The molecular formula is C20H24ClN3O3. The van der Waals surface area contributed by atoms with E-state index in [-0.39, 0.29) is 5.41 Å². The van der Waals surface area contributed by atoms with Gasteiger partial charge in [-0.15, -0.1) is 0 Å². The summed E-state index contributed by atoms with van der Waals surface area (Å²) in [6.07, 6.45) is 1.41. The first-order chi connectivity index (χ1) is 12.8. The second kappa shape index (κ2) is 9.28. The molecule has 0 aliphatic carbocycles. The summed E-state index contributed by atoms with van der Waals surface area (Å²) in [5.74, 6) is 1.36. The van der Waals surface area contributed by atoms with Gasteiger partial charge >= 0.3 is 6.03 Å². The van der Waals surface area contributed by atoms with Crippen LogP contribution in [0, 0.1) is 0 Å². The number of nitrogens with one attached hydrogen (secondary N) is 1. The molecule has 2 aromatic carbocycles. The van der Waals surface area contributed by atoms with Crippen LogP contribution in [0.1, 0.15) is 31.9 Å². The molecule has 6 nitrogen and oxygen atoms in total. The molecule has 0 saturated carbocycles. The minimum absolute atomic E-state index is 0.109. The summed E-state index contributed by atoms with van der Waals surface area (Å²) >= 11 is 5.99. The van der Waals surface area contributed by atoms with Crippen LogP contribution in [0.2, 0.25) is 5.02 Å². The number of nitrogens with two attached hydrogens (primary N) is 1. The van der Waals surface area contributed by atoms with E-state index in [2.05, 4.69) is 43.4 Å². The van der Waals surface area contributed by atoms with Crippen molar-refractivity contribution in [1.82, 2.24) is 5.43 Å². The van der Waals surface area contributed by atoms with Crippen molar-refractivity contribution in [2.24, 2.45) is 10.8 Å². The van der Waals surface area contributed by atoms with Gasteiger partial charge < -0.3 is 15.2 Å². The summed E-state index contributed by atoms with van der Waals surface area (Å²) in [7, 11) is 0. The van der Waals surface area contributed by atoms with E-state index in [1.807, 2.05) is 12.1 Å². The van der Waals surface area contributed by atoms with Crippen molar-refractivity contribution in [3.63, 3.8) is 0 Å². The average Bonchev–Trinajstić information content (AvgIpc) is 2.59. The Balaban J connectivity index is 1.89. The van der Waals surface area contributed by atoms with Crippen molar-refractivity contribution in [3.8, 4) is 11.5 Å². The highest BCUT2D eigenvalue weighted by Crippen LogP contribution is 2.24. The van der Waals surface area contributed by atoms with Crippen LogP contribution in [0.25, 0.3) is 0 Å². The van der Waals surface area contributed by atoms with Gasteiger partial charge in [0.1, 0.15) is 24.7 Å². The number of benzene rings is 2. The fourth-order valence-corrected chi connectivity index (χ4v) is 2.46. The Hall–Kier alpha value is -2.73. The lowest BCUT2D eigenvalue weighted by atomic mass is 9.87. The molecule has 0 bridgehead atoms. The fourth-order valence-electron chi connectivity index (χ4n) is 2.28. The zero-order valence-electron chi connectivity index (χ0n) is 15.7. The second-order valence-electron chi connectivity index (χ2n) is 6.89. The number of hydrazone groups is 1. The van der Waals surface area contributed by atoms with Crippen LogP contribution >= 0.6 is 11.6 Å². The number of rotatable bonds is 7. The van der Waals surface area contributed by atoms with E-state index >= 15 is 0 Å². The molecule has 0 unspecified atom stereocenters. The Kier molecular flexibility index (Phi) is 7.07. The number of hydrogen-bond acceptors (Lipinski definition) is 4.